The number of allylic oxidation sites excluding steroid dienone is 2. The summed E-state index contributed by atoms with van der Waals surface area (Å²) in [5.74, 6) is -1.64. The van der Waals surface area contributed by atoms with E-state index in [1.807, 2.05) is 36.9 Å². The minimum atomic E-state index is -1.32. The molecule has 1 aromatic rings. The highest BCUT2D eigenvalue weighted by Crippen LogP contribution is 2.53. The topological polar surface area (TPSA) is 87.1 Å². The molecule has 0 bridgehead atoms. The van der Waals surface area contributed by atoms with Crippen molar-refractivity contribution in [2.24, 2.45) is 0 Å². The largest absolute Gasteiger partial charge is 0.496 e. The van der Waals surface area contributed by atoms with Crippen LogP contribution in [-0.2, 0) is 21.4 Å². The van der Waals surface area contributed by atoms with E-state index in [1.165, 1.54) is 70.6 Å². The molecule has 1 heterocycles. The molecule has 0 amide bonds. The van der Waals surface area contributed by atoms with Gasteiger partial charge >= 0.3 is 11.9 Å². The summed E-state index contributed by atoms with van der Waals surface area (Å²) in [5, 5.41) is 21.1. The van der Waals surface area contributed by atoms with Gasteiger partial charge in [0.1, 0.15) is 5.75 Å². The molecule has 0 atom stereocenters. The van der Waals surface area contributed by atoms with Gasteiger partial charge < -0.3 is 19.8 Å². The molecule has 2 N–H and O–H groups in total. The molecule has 1 aliphatic rings. The molecule has 0 spiro atoms. The van der Waals surface area contributed by atoms with Gasteiger partial charge in [-0.3, -0.25) is 0 Å². The molecule has 0 saturated heterocycles. The van der Waals surface area contributed by atoms with Crippen LogP contribution in [0.5, 0.6) is 5.75 Å². The molecule has 2 rings (SSSR count). The maximum atomic E-state index is 12.9. The number of methoxy groups -OCH3 is 1. The van der Waals surface area contributed by atoms with Crippen molar-refractivity contribution in [2.75, 3.05) is 13.7 Å². The highest BCUT2D eigenvalue weighted by Gasteiger charge is 2.52. The van der Waals surface area contributed by atoms with E-state index in [0.29, 0.717) is 35.7 Å². The Bertz CT molecular complexity index is 1030. The Balaban J connectivity index is 2.23. The van der Waals surface area contributed by atoms with Gasteiger partial charge in [0.2, 0.25) is 0 Å². The normalized spacial score (nSPS) is 15.0. The number of carbonyl (C=O) groups is 2. The zero-order chi connectivity index (χ0) is 30.4. The van der Waals surface area contributed by atoms with Crippen molar-refractivity contribution in [3.8, 4) is 5.75 Å². The van der Waals surface area contributed by atoms with Gasteiger partial charge in [0.05, 0.1) is 23.7 Å². The Hall–Kier alpha value is -2.76. The number of unbranched alkanes of at least 4 members (excludes halogenated alkanes) is 12. The summed E-state index contributed by atoms with van der Waals surface area (Å²) in [4.78, 5) is 27.6. The lowest BCUT2D eigenvalue weighted by Crippen LogP contribution is -2.46. The zero-order valence-electron chi connectivity index (χ0n) is 26.6. The predicted octanol–water partition coefficient (Wildman–Crippen LogP) is 9.03. The van der Waals surface area contributed by atoms with Crippen molar-refractivity contribution >= 4 is 11.9 Å². The lowest BCUT2D eigenvalue weighted by molar-refractivity contribution is -0.134. The summed E-state index contributed by atoms with van der Waals surface area (Å²) >= 11 is 0. The highest BCUT2D eigenvalue weighted by atomic mass is 16.5. The summed E-state index contributed by atoms with van der Waals surface area (Å²) in [6.45, 7) is 10.1. The smallest absolute Gasteiger partial charge is 0.334 e. The zero-order valence-corrected chi connectivity index (χ0v) is 26.6. The fraction of sp³-hybridized carbons (Fsp3) is 0.657. The average Bonchev–Trinajstić information content (AvgIpc) is 2.94. The molecule has 6 heteroatoms. The van der Waals surface area contributed by atoms with Crippen molar-refractivity contribution in [1.82, 2.24) is 4.90 Å². The molecule has 0 saturated carbocycles. The summed E-state index contributed by atoms with van der Waals surface area (Å²) in [5.41, 5.74) is 1.76. The minimum Gasteiger partial charge on any atom is -0.496 e. The Morgan fingerprint density at radius 3 is 1.61 bits per heavy atom. The Morgan fingerprint density at radius 1 is 0.756 bits per heavy atom. The SMILES string of the molecule is CCCCCCCCCCCCCCCc1cccc(OC)c1C1(CC)C(C(=O)O)=C(C)N(CC)C(C)=C1C(=O)O. The molecule has 6 nitrogen and oxygen atoms in total. The first kappa shape index (κ1) is 34.4. The highest BCUT2D eigenvalue weighted by molar-refractivity contribution is 6.01. The van der Waals surface area contributed by atoms with Crippen molar-refractivity contribution in [1.29, 1.82) is 0 Å². The number of rotatable bonds is 20. The van der Waals surface area contributed by atoms with Crippen molar-refractivity contribution < 1.29 is 24.5 Å². The van der Waals surface area contributed by atoms with E-state index in [2.05, 4.69) is 6.92 Å². The molecule has 1 aromatic carbocycles. The maximum absolute atomic E-state index is 12.9. The number of nitrogens with zero attached hydrogens (tertiary/aromatic N) is 1. The van der Waals surface area contributed by atoms with Crippen LogP contribution in [0.1, 0.15) is 136 Å². The molecule has 0 fully saturated rings. The monoisotopic (exact) mass is 569 g/mol. The van der Waals surface area contributed by atoms with Crippen LogP contribution in [0.3, 0.4) is 0 Å². The second kappa shape index (κ2) is 17.3. The predicted molar refractivity (Wildman–Crippen MR) is 167 cm³/mol. The van der Waals surface area contributed by atoms with Crippen LogP contribution in [0.15, 0.2) is 40.7 Å². The molecule has 41 heavy (non-hydrogen) atoms. The number of carboxylic acids is 2. The van der Waals surface area contributed by atoms with Gasteiger partial charge in [-0.25, -0.2) is 9.59 Å². The third-order valence-corrected chi connectivity index (χ3v) is 8.97. The van der Waals surface area contributed by atoms with Crippen LogP contribution in [-0.4, -0.2) is 40.7 Å². The van der Waals surface area contributed by atoms with Crippen molar-refractivity contribution in [3.05, 3.63) is 51.9 Å². The van der Waals surface area contributed by atoms with Crippen LogP contribution < -0.4 is 4.74 Å². The van der Waals surface area contributed by atoms with Gasteiger partial charge in [0.25, 0.3) is 0 Å². The molecule has 230 valence electrons. The first-order valence-electron chi connectivity index (χ1n) is 16.1. The lowest BCUT2D eigenvalue weighted by Gasteiger charge is -2.45. The summed E-state index contributed by atoms with van der Waals surface area (Å²) in [7, 11) is 1.58. The third-order valence-electron chi connectivity index (χ3n) is 8.97. The number of carboxylic acid groups (broad SMARTS) is 2. The van der Waals surface area contributed by atoms with Crippen LogP contribution in [0, 0.1) is 0 Å². The van der Waals surface area contributed by atoms with Crippen molar-refractivity contribution in [3.63, 3.8) is 0 Å². The molecular weight excluding hydrogens is 514 g/mol. The van der Waals surface area contributed by atoms with E-state index in [9.17, 15) is 19.8 Å². The second-order valence-electron chi connectivity index (χ2n) is 11.5. The Morgan fingerprint density at radius 2 is 1.22 bits per heavy atom. The Kier molecular flexibility index (Phi) is 14.5. The van der Waals surface area contributed by atoms with Crippen LogP contribution >= 0.6 is 0 Å². The third kappa shape index (κ3) is 8.17. The van der Waals surface area contributed by atoms with Gasteiger partial charge in [0.15, 0.2) is 0 Å². The lowest BCUT2D eigenvalue weighted by atomic mass is 9.62. The van der Waals surface area contributed by atoms with Crippen molar-refractivity contribution in [2.45, 2.75) is 136 Å². The number of benzene rings is 1. The van der Waals surface area contributed by atoms with E-state index in [1.54, 1.807) is 21.0 Å². The van der Waals surface area contributed by atoms with Crippen LogP contribution in [0.25, 0.3) is 0 Å². The van der Waals surface area contributed by atoms with E-state index in [4.69, 9.17) is 4.74 Å². The molecule has 0 aliphatic carbocycles. The first-order chi connectivity index (χ1) is 19.7. The molecule has 0 unspecified atom stereocenters. The van der Waals surface area contributed by atoms with E-state index in [-0.39, 0.29) is 11.1 Å². The fourth-order valence-electron chi connectivity index (χ4n) is 6.97. The first-order valence-corrected chi connectivity index (χ1v) is 16.1. The maximum Gasteiger partial charge on any atom is 0.334 e. The van der Waals surface area contributed by atoms with E-state index < -0.39 is 17.4 Å². The number of hydrogen-bond donors (Lipinski definition) is 2. The summed E-state index contributed by atoms with van der Waals surface area (Å²) in [6, 6.07) is 5.78. The standard InChI is InChI=1S/C35H55NO5/c1-7-10-11-12-13-14-15-16-17-18-19-20-21-23-28-24-22-25-29(41-6)32(28)35(8-2)30(33(37)38)26(4)36(9-3)27(5)31(35)34(39)40/h22,24-25H,7-21,23H2,1-6H3,(H,37,38)(H,39,40). The number of ether oxygens (including phenoxy) is 1. The minimum absolute atomic E-state index is 0.126. The summed E-state index contributed by atoms with van der Waals surface area (Å²) < 4.78 is 5.82. The second-order valence-corrected chi connectivity index (χ2v) is 11.5. The van der Waals surface area contributed by atoms with Gasteiger partial charge in [-0.15, -0.1) is 0 Å². The molecule has 0 aromatic heterocycles. The number of aryl methyl sites for hydroxylation is 1. The molecule has 1 aliphatic heterocycles. The van der Waals surface area contributed by atoms with Gasteiger partial charge in [0, 0.05) is 23.5 Å². The molecule has 0 radical (unpaired) electrons. The quantitative estimate of drug-likeness (QED) is 0.152. The van der Waals surface area contributed by atoms with Crippen LogP contribution in [0.2, 0.25) is 0 Å². The molecular formula is C35H55NO5. The van der Waals surface area contributed by atoms with E-state index >= 15 is 0 Å². The van der Waals surface area contributed by atoms with E-state index in [0.717, 1.165) is 24.8 Å². The number of hydrogen-bond acceptors (Lipinski definition) is 4. The average molecular weight is 570 g/mol. The van der Waals surface area contributed by atoms with Crippen LogP contribution in [0.4, 0.5) is 0 Å². The Labute approximate surface area is 248 Å². The number of aliphatic carboxylic acids is 2. The fourth-order valence-corrected chi connectivity index (χ4v) is 6.97. The van der Waals surface area contributed by atoms with Gasteiger partial charge in [-0.2, -0.15) is 0 Å². The van der Waals surface area contributed by atoms with Gasteiger partial charge in [-0.05, 0) is 51.7 Å². The van der Waals surface area contributed by atoms with Gasteiger partial charge in [-0.1, -0.05) is 103 Å². The summed E-state index contributed by atoms with van der Waals surface area (Å²) in [6.07, 6.45) is 17.6.